The molecule has 0 bridgehead atoms. The number of benzene rings is 1. The molecule has 10 nitrogen and oxygen atoms in total. The Balaban J connectivity index is 1.85. The van der Waals surface area contributed by atoms with Crippen molar-refractivity contribution in [2.45, 2.75) is 31.5 Å². The Kier molecular flexibility index (Phi) is 6.17. The van der Waals surface area contributed by atoms with Gasteiger partial charge in [-0.2, -0.15) is 9.97 Å². The quantitative estimate of drug-likeness (QED) is 0.411. The standard InChI is InChI=1S/C23H27N5O5S/c1-23(2,3)33-22(30)28-11-10-27(15-8-7-9-17(32-5)18(15)28)16-12-14-13-24-21(34(6)31)25-19(14)26(4)20(16)29/h7-9,12-13H,10-11H2,1-6H3. The van der Waals surface area contributed by atoms with Crippen molar-refractivity contribution in [3.05, 3.63) is 40.8 Å². The highest BCUT2D eigenvalue weighted by molar-refractivity contribution is 7.90. The van der Waals surface area contributed by atoms with E-state index in [1.807, 2.05) is 31.7 Å². The first-order valence-electron chi connectivity index (χ1n) is 10.7. The number of rotatable bonds is 3. The number of aryl methyl sites for hydroxylation is 1. The fourth-order valence-electron chi connectivity index (χ4n) is 3.89. The molecule has 1 atom stereocenters. The maximum absolute atomic E-state index is 13.4. The van der Waals surface area contributed by atoms with Gasteiger partial charge in [0.05, 0.1) is 12.8 Å². The summed E-state index contributed by atoms with van der Waals surface area (Å²) in [6.45, 7) is 6.08. The molecule has 0 N–H and O–H groups in total. The minimum atomic E-state index is -1.37. The van der Waals surface area contributed by atoms with E-state index in [2.05, 4.69) is 9.97 Å². The number of nitrogens with zero attached hydrogens (tertiary/aromatic N) is 5. The highest BCUT2D eigenvalue weighted by atomic mass is 32.2. The van der Waals surface area contributed by atoms with Crippen LogP contribution in [0.25, 0.3) is 11.0 Å². The molecule has 1 aliphatic heterocycles. The average Bonchev–Trinajstić information content (AvgIpc) is 2.78. The monoisotopic (exact) mass is 485 g/mol. The van der Waals surface area contributed by atoms with E-state index in [0.29, 0.717) is 40.4 Å². The number of pyridine rings is 1. The second kappa shape index (κ2) is 8.80. The van der Waals surface area contributed by atoms with Crippen LogP contribution in [0.15, 0.2) is 40.4 Å². The van der Waals surface area contributed by atoms with Crippen molar-refractivity contribution in [1.82, 2.24) is 14.5 Å². The molecule has 1 aromatic carbocycles. The lowest BCUT2D eigenvalue weighted by Crippen LogP contribution is -2.46. The lowest BCUT2D eigenvalue weighted by atomic mass is 10.1. The van der Waals surface area contributed by atoms with E-state index in [1.165, 1.54) is 22.8 Å². The molecule has 1 unspecified atom stereocenters. The Labute approximate surface area is 200 Å². The minimum Gasteiger partial charge on any atom is -0.609 e. The maximum Gasteiger partial charge on any atom is 0.415 e. The topological polar surface area (TPSA) is 113 Å². The highest BCUT2D eigenvalue weighted by Gasteiger charge is 2.34. The second-order valence-electron chi connectivity index (χ2n) is 8.89. The number of hydrogen-bond acceptors (Lipinski definition) is 8. The third-order valence-electron chi connectivity index (χ3n) is 5.37. The first-order valence-corrected chi connectivity index (χ1v) is 12.2. The van der Waals surface area contributed by atoms with Crippen LogP contribution in [-0.2, 0) is 23.0 Å². The molecule has 3 heterocycles. The van der Waals surface area contributed by atoms with Crippen LogP contribution in [0.1, 0.15) is 20.8 Å². The third kappa shape index (κ3) is 4.28. The smallest absolute Gasteiger partial charge is 0.415 e. The van der Waals surface area contributed by atoms with Gasteiger partial charge in [-0.15, -0.1) is 0 Å². The maximum atomic E-state index is 13.4. The summed E-state index contributed by atoms with van der Waals surface area (Å²) in [6, 6.07) is 7.11. The van der Waals surface area contributed by atoms with Gasteiger partial charge in [-0.25, -0.2) is 4.79 Å². The van der Waals surface area contributed by atoms with Gasteiger partial charge < -0.3 is 18.9 Å². The van der Waals surface area contributed by atoms with Gasteiger partial charge in [0.15, 0.2) is 5.65 Å². The molecule has 1 amide bonds. The molecule has 180 valence electrons. The summed E-state index contributed by atoms with van der Waals surface area (Å²) in [5.74, 6) is 0.490. The van der Waals surface area contributed by atoms with Crippen LogP contribution in [0.2, 0.25) is 0 Å². The van der Waals surface area contributed by atoms with E-state index in [-0.39, 0.29) is 17.3 Å². The predicted octanol–water partition coefficient (Wildman–Crippen LogP) is 2.97. The number of ether oxygens (including phenoxy) is 2. The molecule has 0 saturated carbocycles. The lowest BCUT2D eigenvalue weighted by molar-refractivity contribution is 0.0579. The van der Waals surface area contributed by atoms with Crippen molar-refractivity contribution in [1.29, 1.82) is 0 Å². The van der Waals surface area contributed by atoms with E-state index in [4.69, 9.17) is 9.47 Å². The summed E-state index contributed by atoms with van der Waals surface area (Å²) < 4.78 is 24.4. The molecule has 1 aliphatic rings. The fourth-order valence-corrected chi connectivity index (χ4v) is 4.31. The lowest BCUT2D eigenvalue weighted by Gasteiger charge is -2.38. The van der Waals surface area contributed by atoms with Crippen molar-refractivity contribution in [2.24, 2.45) is 7.05 Å². The molecule has 11 heteroatoms. The summed E-state index contributed by atoms with van der Waals surface area (Å²) >= 11 is -1.37. The number of fused-ring (bicyclic) bond motifs is 2. The molecular weight excluding hydrogens is 458 g/mol. The Bertz CT molecular complexity index is 1320. The van der Waals surface area contributed by atoms with Crippen LogP contribution in [0, 0.1) is 0 Å². The number of methoxy groups -OCH3 is 1. The van der Waals surface area contributed by atoms with Crippen molar-refractivity contribution < 1.29 is 18.8 Å². The molecule has 3 aromatic rings. The fraction of sp³-hybridized carbons (Fsp3) is 0.391. The number of para-hydroxylation sites is 1. The van der Waals surface area contributed by atoms with Crippen LogP contribution >= 0.6 is 0 Å². The minimum absolute atomic E-state index is 0.163. The summed E-state index contributed by atoms with van der Waals surface area (Å²) in [7, 11) is 3.15. The summed E-state index contributed by atoms with van der Waals surface area (Å²) in [6.07, 6.45) is 2.56. The van der Waals surface area contributed by atoms with Gasteiger partial charge in [-0.1, -0.05) is 6.07 Å². The van der Waals surface area contributed by atoms with E-state index < -0.39 is 22.9 Å². The Morgan fingerprint density at radius 2 is 1.94 bits per heavy atom. The predicted molar refractivity (Wildman–Crippen MR) is 131 cm³/mol. The Morgan fingerprint density at radius 3 is 2.59 bits per heavy atom. The normalized spacial score (nSPS) is 14.7. The number of carbonyl (C=O) groups is 1. The number of anilines is 3. The molecule has 0 radical (unpaired) electrons. The van der Waals surface area contributed by atoms with Gasteiger partial charge >= 0.3 is 11.2 Å². The van der Waals surface area contributed by atoms with Crippen molar-refractivity contribution in [3.8, 4) is 5.75 Å². The van der Waals surface area contributed by atoms with Crippen LogP contribution < -0.4 is 20.1 Å². The first-order chi connectivity index (χ1) is 16.0. The van der Waals surface area contributed by atoms with Gasteiger partial charge in [0, 0.05) is 42.9 Å². The summed E-state index contributed by atoms with van der Waals surface area (Å²) in [4.78, 5) is 38.2. The van der Waals surface area contributed by atoms with E-state index >= 15 is 0 Å². The highest BCUT2D eigenvalue weighted by Crippen LogP contribution is 2.43. The molecule has 0 spiro atoms. The molecule has 2 aromatic heterocycles. The van der Waals surface area contributed by atoms with Crippen molar-refractivity contribution >= 4 is 45.4 Å². The number of aromatic nitrogens is 3. The zero-order valence-electron chi connectivity index (χ0n) is 20.0. The van der Waals surface area contributed by atoms with E-state index in [1.54, 1.807) is 31.4 Å². The average molecular weight is 486 g/mol. The molecule has 34 heavy (non-hydrogen) atoms. The third-order valence-corrected chi connectivity index (χ3v) is 6.09. The SMILES string of the molecule is COc1cccc2c1N(C(=O)OC(C)(C)C)CCN2c1cc2cnc([S+](C)[O-])nc2n(C)c1=O. The van der Waals surface area contributed by atoms with Crippen LogP contribution in [0.3, 0.4) is 0 Å². The Hall–Kier alpha value is -3.31. The summed E-state index contributed by atoms with van der Waals surface area (Å²) in [5.41, 5.74) is 1.03. The largest absolute Gasteiger partial charge is 0.609 e. The molecule has 4 rings (SSSR count). The van der Waals surface area contributed by atoms with Crippen LogP contribution in [0.5, 0.6) is 5.75 Å². The van der Waals surface area contributed by atoms with Gasteiger partial charge in [0.25, 0.3) is 5.56 Å². The summed E-state index contributed by atoms with van der Waals surface area (Å²) in [5, 5.41) is 0.793. The second-order valence-corrected chi connectivity index (χ2v) is 10.2. The molecule has 0 aliphatic carbocycles. The van der Waals surface area contributed by atoms with E-state index in [0.717, 1.165) is 0 Å². The number of carbonyl (C=O) groups excluding carboxylic acids is 1. The van der Waals surface area contributed by atoms with Gasteiger partial charge in [0.1, 0.15) is 29.0 Å². The molecule has 0 fully saturated rings. The van der Waals surface area contributed by atoms with E-state index in [9.17, 15) is 14.1 Å². The molecular formula is C23H27N5O5S. The van der Waals surface area contributed by atoms with Gasteiger partial charge in [-0.3, -0.25) is 14.3 Å². The zero-order valence-corrected chi connectivity index (χ0v) is 20.8. The van der Waals surface area contributed by atoms with Gasteiger partial charge in [0.2, 0.25) is 0 Å². The number of hydrogen-bond donors (Lipinski definition) is 0. The van der Waals surface area contributed by atoms with Crippen LogP contribution in [-0.4, -0.2) is 57.2 Å². The zero-order chi connectivity index (χ0) is 24.8. The van der Waals surface area contributed by atoms with Crippen molar-refractivity contribution in [3.63, 3.8) is 0 Å². The first kappa shape index (κ1) is 23.8. The Morgan fingerprint density at radius 1 is 1.21 bits per heavy atom. The van der Waals surface area contributed by atoms with Crippen LogP contribution in [0.4, 0.5) is 21.9 Å². The van der Waals surface area contributed by atoms with Crippen molar-refractivity contribution in [2.75, 3.05) is 36.3 Å². The molecule has 0 saturated heterocycles. The van der Waals surface area contributed by atoms with Gasteiger partial charge in [-0.05, 0) is 39.0 Å². The number of amides is 1.